The number of hydrogen-bond acceptors (Lipinski definition) is 4. The molecule has 0 atom stereocenters. The van der Waals surface area contributed by atoms with Gasteiger partial charge < -0.3 is 19.5 Å². The van der Waals surface area contributed by atoms with Gasteiger partial charge in [-0.25, -0.2) is 4.39 Å². The number of nitrogens with zero attached hydrogens (tertiary/aromatic N) is 4. The van der Waals surface area contributed by atoms with Crippen molar-refractivity contribution in [3.8, 4) is 16.9 Å². The molecule has 0 radical (unpaired) electrons. The molecule has 6 rings (SSSR count). The Kier molecular flexibility index (Phi) is 6.49. The molecule has 2 aromatic heterocycles. The zero-order valence-corrected chi connectivity index (χ0v) is 23.6. The van der Waals surface area contributed by atoms with Gasteiger partial charge >= 0.3 is 0 Å². The number of H-pyrrole nitrogens is 1. The van der Waals surface area contributed by atoms with Crippen LogP contribution in [0.25, 0.3) is 32.9 Å². The molecule has 1 aliphatic rings. The quantitative estimate of drug-likeness (QED) is 0.286. The molecule has 1 fully saturated rings. The number of rotatable bonds is 5. The van der Waals surface area contributed by atoms with Gasteiger partial charge in [0, 0.05) is 55.2 Å². The van der Waals surface area contributed by atoms with Crippen molar-refractivity contribution in [1.82, 2.24) is 19.7 Å². The summed E-state index contributed by atoms with van der Waals surface area (Å²) in [5.41, 5.74) is 6.51. The Bertz CT molecular complexity index is 1740. The number of fused-ring (bicyclic) bond motifs is 2. The van der Waals surface area contributed by atoms with Crippen LogP contribution in [0.3, 0.4) is 0 Å². The van der Waals surface area contributed by atoms with Gasteiger partial charge in [-0.1, -0.05) is 32.0 Å². The fraction of sp³-hybridized carbons (Fsp3) is 0.312. The van der Waals surface area contributed by atoms with E-state index in [0.717, 1.165) is 22.0 Å². The maximum atomic E-state index is 15.7. The Labute approximate surface area is 233 Å². The Hall–Kier alpha value is -4.33. The lowest BCUT2D eigenvalue weighted by atomic mass is 9.93. The molecule has 0 aliphatic carbocycles. The van der Waals surface area contributed by atoms with Crippen molar-refractivity contribution in [1.29, 1.82) is 0 Å². The summed E-state index contributed by atoms with van der Waals surface area (Å²) in [5.74, 6) is 0.247. The van der Waals surface area contributed by atoms with Gasteiger partial charge in [0.2, 0.25) is 0 Å². The highest BCUT2D eigenvalue weighted by Gasteiger charge is 2.27. The van der Waals surface area contributed by atoms with Crippen LogP contribution in [0.1, 0.15) is 41.4 Å². The van der Waals surface area contributed by atoms with Gasteiger partial charge in [-0.15, -0.1) is 0 Å². The molecular weight excluding hydrogens is 505 g/mol. The predicted octanol–water partition coefficient (Wildman–Crippen LogP) is 6.26. The third-order valence-corrected chi connectivity index (χ3v) is 8.10. The van der Waals surface area contributed by atoms with E-state index in [9.17, 15) is 4.79 Å². The third kappa shape index (κ3) is 4.28. The molecule has 5 aromatic rings. The van der Waals surface area contributed by atoms with Gasteiger partial charge in [0.25, 0.3) is 5.91 Å². The normalized spacial score (nSPS) is 14.1. The first-order valence-electron chi connectivity index (χ1n) is 13.7. The maximum Gasteiger partial charge on any atom is 0.270 e. The van der Waals surface area contributed by atoms with E-state index in [1.165, 1.54) is 11.3 Å². The average molecular weight is 540 g/mol. The molecule has 8 heteroatoms. The molecule has 1 saturated heterocycles. The molecule has 206 valence electrons. The molecule has 0 saturated carbocycles. The van der Waals surface area contributed by atoms with E-state index in [4.69, 9.17) is 4.74 Å². The van der Waals surface area contributed by atoms with Crippen molar-refractivity contribution >= 4 is 33.4 Å². The van der Waals surface area contributed by atoms with Gasteiger partial charge in [-0.2, -0.15) is 5.10 Å². The molecule has 3 aromatic carbocycles. The summed E-state index contributed by atoms with van der Waals surface area (Å²) in [6.07, 6.45) is 1.88. The van der Waals surface area contributed by atoms with E-state index in [1.54, 1.807) is 13.2 Å². The Morgan fingerprint density at radius 2 is 1.80 bits per heavy atom. The maximum absolute atomic E-state index is 15.7. The first-order chi connectivity index (χ1) is 19.3. The van der Waals surface area contributed by atoms with E-state index in [0.29, 0.717) is 54.1 Å². The molecule has 0 unspecified atom stereocenters. The smallest absolute Gasteiger partial charge is 0.270 e. The zero-order valence-electron chi connectivity index (χ0n) is 23.6. The van der Waals surface area contributed by atoms with Crippen LogP contribution in [-0.4, -0.2) is 58.9 Å². The highest BCUT2D eigenvalue weighted by molar-refractivity contribution is 6.04. The molecule has 0 bridgehead atoms. The van der Waals surface area contributed by atoms with E-state index in [-0.39, 0.29) is 17.6 Å². The SMILES string of the molecule is COc1ccccc1-c1cc(C(C)C)c(F)c2[nH]c(C(=O)N3CCN(c4cc5c(cnn5C)cc4C)CC3)cc12. The number of methoxy groups -OCH3 is 1. The van der Waals surface area contributed by atoms with Crippen LogP contribution in [0.4, 0.5) is 10.1 Å². The molecule has 1 aliphatic heterocycles. The first kappa shape index (κ1) is 25.9. The molecule has 0 spiro atoms. The van der Waals surface area contributed by atoms with Gasteiger partial charge in [0.15, 0.2) is 5.82 Å². The number of hydrogen-bond donors (Lipinski definition) is 1. The molecular formula is C32H34FN5O2. The van der Waals surface area contributed by atoms with Gasteiger partial charge in [0.05, 0.1) is 24.3 Å². The number of nitrogens with one attached hydrogen (secondary N) is 1. The lowest BCUT2D eigenvalue weighted by Crippen LogP contribution is -2.49. The molecule has 1 amide bonds. The number of carbonyl (C=O) groups excluding carboxylic acids is 1. The summed E-state index contributed by atoms with van der Waals surface area (Å²) in [4.78, 5) is 21.0. The van der Waals surface area contributed by atoms with Crippen LogP contribution in [0.15, 0.2) is 54.7 Å². The fourth-order valence-electron chi connectivity index (χ4n) is 5.87. The summed E-state index contributed by atoms with van der Waals surface area (Å²) >= 11 is 0. The van der Waals surface area contributed by atoms with E-state index >= 15 is 4.39 Å². The van der Waals surface area contributed by atoms with E-state index < -0.39 is 0 Å². The van der Waals surface area contributed by atoms with Crippen molar-refractivity contribution in [3.63, 3.8) is 0 Å². The molecule has 7 nitrogen and oxygen atoms in total. The molecule has 40 heavy (non-hydrogen) atoms. The average Bonchev–Trinajstić information content (AvgIpc) is 3.57. The summed E-state index contributed by atoms with van der Waals surface area (Å²) in [6, 6.07) is 15.7. The van der Waals surface area contributed by atoms with Crippen molar-refractivity contribution in [2.45, 2.75) is 26.7 Å². The number of amides is 1. The first-order valence-corrected chi connectivity index (χ1v) is 13.7. The van der Waals surface area contributed by atoms with Crippen LogP contribution < -0.4 is 9.64 Å². The standard InChI is InChI=1S/C32H34FN5O2/c1-19(2)23-15-24(22-8-6-7-9-29(22)40-5)25-16-26(35-31(25)30(23)33)32(39)38-12-10-37(11-13-38)27-17-28-21(14-20(27)3)18-34-36(28)4/h6-9,14-19,35H,10-13H2,1-5H3. The zero-order chi connectivity index (χ0) is 28.1. The predicted molar refractivity (Wildman–Crippen MR) is 158 cm³/mol. The number of carbonyl (C=O) groups is 1. The van der Waals surface area contributed by atoms with Crippen molar-refractivity contribution < 1.29 is 13.9 Å². The number of piperazine rings is 1. The summed E-state index contributed by atoms with van der Waals surface area (Å²) < 4.78 is 23.2. The van der Waals surface area contributed by atoms with Crippen LogP contribution >= 0.6 is 0 Å². The van der Waals surface area contributed by atoms with Crippen molar-refractivity contribution in [2.75, 3.05) is 38.2 Å². The second-order valence-electron chi connectivity index (χ2n) is 10.9. The summed E-state index contributed by atoms with van der Waals surface area (Å²) in [5, 5.41) is 6.17. The van der Waals surface area contributed by atoms with Crippen LogP contribution in [-0.2, 0) is 7.05 Å². The lowest BCUT2D eigenvalue weighted by Gasteiger charge is -2.36. The second-order valence-corrected chi connectivity index (χ2v) is 10.9. The number of para-hydroxylation sites is 1. The largest absolute Gasteiger partial charge is 0.496 e. The van der Waals surface area contributed by atoms with Gasteiger partial charge in [-0.05, 0) is 59.9 Å². The number of aromatic nitrogens is 3. The number of anilines is 1. The topological polar surface area (TPSA) is 66.4 Å². The Morgan fingerprint density at radius 1 is 1.05 bits per heavy atom. The van der Waals surface area contributed by atoms with Crippen molar-refractivity contribution in [3.05, 3.63) is 77.4 Å². The minimum absolute atomic E-state index is 0.0255. The summed E-state index contributed by atoms with van der Waals surface area (Å²) in [7, 11) is 3.58. The van der Waals surface area contributed by atoms with E-state index in [1.807, 2.05) is 67.0 Å². The molecule has 3 heterocycles. The lowest BCUT2D eigenvalue weighted by molar-refractivity contribution is 0.0742. The second kappa shape index (κ2) is 10.0. The Morgan fingerprint density at radius 3 is 2.52 bits per heavy atom. The van der Waals surface area contributed by atoms with Crippen LogP contribution in [0.5, 0.6) is 5.75 Å². The molecule has 1 N–H and O–H groups in total. The number of aromatic amines is 1. The third-order valence-electron chi connectivity index (χ3n) is 8.10. The minimum atomic E-state index is -0.312. The van der Waals surface area contributed by atoms with E-state index in [2.05, 4.69) is 34.0 Å². The monoisotopic (exact) mass is 539 g/mol. The van der Waals surface area contributed by atoms with Crippen molar-refractivity contribution in [2.24, 2.45) is 7.05 Å². The number of aryl methyl sites for hydroxylation is 2. The summed E-state index contributed by atoms with van der Waals surface area (Å²) in [6.45, 7) is 8.65. The number of benzene rings is 3. The van der Waals surface area contributed by atoms with Crippen LogP contribution in [0.2, 0.25) is 0 Å². The highest BCUT2D eigenvalue weighted by atomic mass is 19.1. The van der Waals surface area contributed by atoms with Crippen LogP contribution in [0, 0.1) is 12.7 Å². The fourth-order valence-corrected chi connectivity index (χ4v) is 5.87. The number of halogens is 1. The van der Waals surface area contributed by atoms with Gasteiger partial charge in [-0.3, -0.25) is 9.48 Å². The number of ether oxygens (including phenoxy) is 1. The highest BCUT2D eigenvalue weighted by Crippen LogP contribution is 2.39. The Balaban J connectivity index is 1.31. The minimum Gasteiger partial charge on any atom is -0.496 e. The van der Waals surface area contributed by atoms with Gasteiger partial charge in [0.1, 0.15) is 11.4 Å².